The SMILES string of the molecule is CC[C@H](C)N1Cc2cc(Br)cc(S(=O)(=O)Cl)c2C1=O. The number of benzene rings is 1. The van der Waals surface area contributed by atoms with E-state index in [9.17, 15) is 13.2 Å². The average Bonchev–Trinajstić information content (AvgIpc) is 2.63. The smallest absolute Gasteiger partial charge is 0.262 e. The van der Waals surface area contributed by atoms with E-state index < -0.39 is 9.05 Å². The minimum absolute atomic E-state index is 0.0598. The third-order valence-electron chi connectivity index (χ3n) is 3.35. The summed E-state index contributed by atoms with van der Waals surface area (Å²) in [6.45, 7) is 4.34. The minimum atomic E-state index is -3.94. The van der Waals surface area contributed by atoms with E-state index in [2.05, 4.69) is 15.9 Å². The van der Waals surface area contributed by atoms with Gasteiger partial charge in [-0.3, -0.25) is 4.79 Å². The lowest BCUT2D eigenvalue weighted by atomic mass is 10.1. The Morgan fingerprint density at radius 1 is 1.47 bits per heavy atom. The molecule has 4 nitrogen and oxygen atoms in total. The van der Waals surface area contributed by atoms with Gasteiger partial charge in [-0.05, 0) is 31.0 Å². The van der Waals surface area contributed by atoms with Gasteiger partial charge in [0, 0.05) is 27.7 Å². The zero-order valence-electron chi connectivity index (χ0n) is 10.5. The zero-order valence-corrected chi connectivity index (χ0v) is 13.6. The van der Waals surface area contributed by atoms with Gasteiger partial charge in [0.05, 0.1) is 10.5 Å². The molecule has 1 aliphatic rings. The van der Waals surface area contributed by atoms with E-state index in [0.717, 1.165) is 6.42 Å². The molecule has 0 aliphatic carbocycles. The van der Waals surface area contributed by atoms with Crippen LogP contribution in [0, 0.1) is 0 Å². The van der Waals surface area contributed by atoms with Crippen molar-refractivity contribution in [2.75, 3.05) is 0 Å². The number of rotatable bonds is 3. The minimum Gasteiger partial charge on any atom is -0.332 e. The maximum absolute atomic E-state index is 12.4. The van der Waals surface area contributed by atoms with Crippen LogP contribution in [0.5, 0.6) is 0 Å². The number of nitrogens with zero attached hydrogens (tertiary/aromatic N) is 1. The molecular weight excluding hydrogens is 354 g/mol. The van der Waals surface area contributed by atoms with Gasteiger partial charge in [-0.25, -0.2) is 8.42 Å². The van der Waals surface area contributed by atoms with Crippen LogP contribution in [-0.2, 0) is 15.6 Å². The molecule has 0 N–H and O–H groups in total. The summed E-state index contributed by atoms with van der Waals surface area (Å²) in [5.41, 5.74) is 0.900. The van der Waals surface area contributed by atoms with E-state index in [0.29, 0.717) is 16.6 Å². The maximum Gasteiger partial charge on any atom is 0.262 e. The molecule has 1 aliphatic heterocycles. The second-order valence-electron chi connectivity index (χ2n) is 4.57. The average molecular weight is 367 g/mol. The molecule has 0 saturated carbocycles. The van der Waals surface area contributed by atoms with E-state index in [-0.39, 0.29) is 22.4 Å². The van der Waals surface area contributed by atoms with Crippen molar-refractivity contribution < 1.29 is 13.2 Å². The Bertz CT molecular complexity index is 645. The second-order valence-corrected chi connectivity index (χ2v) is 8.02. The molecule has 1 amide bonds. The van der Waals surface area contributed by atoms with Crippen LogP contribution in [0.2, 0.25) is 0 Å². The molecule has 0 aromatic heterocycles. The summed E-state index contributed by atoms with van der Waals surface area (Å²) < 4.78 is 23.8. The van der Waals surface area contributed by atoms with Crippen molar-refractivity contribution in [3.05, 3.63) is 27.7 Å². The van der Waals surface area contributed by atoms with E-state index >= 15 is 0 Å². The third kappa shape index (κ3) is 2.66. The first-order valence-corrected chi connectivity index (χ1v) is 8.94. The summed E-state index contributed by atoms with van der Waals surface area (Å²) in [4.78, 5) is 13.9. The molecule has 1 aromatic carbocycles. The van der Waals surface area contributed by atoms with E-state index in [4.69, 9.17) is 10.7 Å². The molecule has 104 valence electrons. The molecule has 19 heavy (non-hydrogen) atoms. The quantitative estimate of drug-likeness (QED) is 0.772. The molecule has 0 spiro atoms. The number of hydrogen-bond donors (Lipinski definition) is 0. The van der Waals surface area contributed by atoms with Gasteiger partial charge in [0.2, 0.25) is 0 Å². The Morgan fingerprint density at radius 3 is 2.63 bits per heavy atom. The Hall–Kier alpha value is -0.590. The van der Waals surface area contributed by atoms with Crippen LogP contribution in [0.1, 0.15) is 36.2 Å². The molecule has 0 bridgehead atoms. The molecule has 7 heteroatoms. The fourth-order valence-electron chi connectivity index (χ4n) is 2.17. The Balaban J connectivity index is 2.61. The first-order valence-electron chi connectivity index (χ1n) is 5.83. The lowest BCUT2D eigenvalue weighted by Gasteiger charge is -2.22. The van der Waals surface area contributed by atoms with Gasteiger partial charge in [-0.2, -0.15) is 0 Å². The first kappa shape index (κ1) is 14.8. The highest BCUT2D eigenvalue weighted by molar-refractivity contribution is 9.10. The summed E-state index contributed by atoms with van der Waals surface area (Å²) in [6, 6.07) is 3.20. The molecule has 0 unspecified atom stereocenters. The van der Waals surface area contributed by atoms with Gasteiger partial charge in [0.1, 0.15) is 0 Å². The van der Waals surface area contributed by atoms with Crippen molar-refractivity contribution in [2.24, 2.45) is 0 Å². The van der Waals surface area contributed by atoms with Crippen molar-refractivity contribution in [1.82, 2.24) is 4.90 Å². The summed E-state index contributed by atoms with van der Waals surface area (Å²) in [5.74, 6) is -0.268. The van der Waals surface area contributed by atoms with Gasteiger partial charge in [0.15, 0.2) is 0 Å². The Labute approximate surface area is 125 Å². The van der Waals surface area contributed by atoms with Gasteiger partial charge < -0.3 is 4.90 Å². The fourth-order valence-corrected chi connectivity index (χ4v) is 3.92. The molecule has 0 radical (unpaired) electrons. The molecule has 2 rings (SSSR count). The van der Waals surface area contributed by atoms with Crippen LogP contribution >= 0.6 is 26.6 Å². The van der Waals surface area contributed by atoms with Crippen molar-refractivity contribution in [2.45, 2.75) is 37.8 Å². The van der Waals surface area contributed by atoms with Gasteiger partial charge >= 0.3 is 0 Å². The third-order valence-corrected chi connectivity index (χ3v) is 5.15. The summed E-state index contributed by atoms with van der Waals surface area (Å²) in [5, 5.41) is 0. The van der Waals surface area contributed by atoms with E-state index in [1.807, 2.05) is 13.8 Å². The summed E-state index contributed by atoms with van der Waals surface area (Å²) in [7, 11) is 1.48. The zero-order chi connectivity index (χ0) is 14.4. The number of fused-ring (bicyclic) bond motifs is 1. The second kappa shape index (κ2) is 5.07. The molecule has 1 heterocycles. The highest BCUT2D eigenvalue weighted by Gasteiger charge is 2.35. The van der Waals surface area contributed by atoms with E-state index in [1.54, 1.807) is 11.0 Å². The molecule has 0 fully saturated rings. The van der Waals surface area contributed by atoms with Crippen molar-refractivity contribution in [3.8, 4) is 0 Å². The Kier molecular flexibility index (Phi) is 3.95. The summed E-state index contributed by atoms with van der Waals surface area (Å²) in [6.07, 6.45) is 0.809. The van der Waals surface area contributed by atoms with Crippen molar-refractivity contribution >= 4 is 41.6 Å². The number of halogens is 2. The predicted octanol–water partition coefficient (Wildman–Crippen LogP) is 3.13. The fraction of sp³-hybridized carbons (Fsp3) is 0.417. The number of amides is 1. The highest BCUT2D eigenvalue weighted by atomic mass is 79.9. The normalized spacial score (nSPS) is 16.6. The van der Waals surface area contributed by atoms with Crippen LogP contribution in [0.3, 0.4) is 0 Å². The van der Waals surface area contributed by atoms with Gasteiger partial charge in [-0.1, -0.05) is 22.9 Å². The van der Waals surface area contributed by atoms with Gasteiger partial charge in [-0.15, -0.1) is 0 Å². The predicted molar refractivity (Wildman–Crippen MR) is 76.8 cm³/mol. The topological polar surface area (TPSA) is 54.5 Å². The van der Waals surface area contributed by atoms with Crippen molar-refractivity contribution in [3.63, 3.8) is 0 Å². The van der Waals surface area contributed by atoms with Gasteiger partial charge in [0.25, 0.3) is 15.0 Å². The highest BCUT2D eigenvalue weighted by Crippen LogP contribution is 2.34. The molecular formula is C12H13BrClNO3S. The van der Waals surface area contributed by atoms with Crippen LogP contribution in [-0.4, -0.2) is 25.3 Å². The largest absolute Gasteiger partial charge is 0.332 e. The maximum atomic E-state index is 12.4. The molecule has 1 atom stereocenters. The van der Waals surface area contributed by atoms with Crippen LogP contribution < -0.4 is 0 Å². The lowest BCUT2D eigenvalue weighted by Crippen LogP contribution is -2.32. The standard InChI is InChI=1S/C12H13BrClNO3S/c1-3-7(2)15-6-8-4-9(13)5-10(19(14,17)18)11(8)12(15)16/h4-5,7H,3,6H2,1-2H3/t7-/m0/s1. The monoisotopic (exact) mass is 365 g/mol. The van der Waals surface area contributed by atoms with E-state index in [1.165, 1.54) is 6.07 Å². The number of hydrogen-bond acceptors (Lipinski definition) is 3. The number of carbonyl (C=O) groups is 1. The summed E-state index contributed by atoms with van der Waals surface area (Å²) >= 11 is 3.25. The Morgan fingerprint density at radius 2 is 2.11 bits per heavy atom. The number of carbonyl (C=O) groups excluding carboxylic acids is 1. The van der Waals surface area contributed by atoms with Crippen LogP contribution in [0.25, 0.3) is 0 Å². The first-order chi connectivity index (χ1) is 8.75. The van der Waals surface area contributed by atoms with Crippen molar-refractivity contribution in [1.29, 1.82) is 0 Å². The molecule has 0 saturated heterocycles. The lowest BCUT2D eigenvalue weighted by molar-refractivity contribution is 0.0710. The van der Waals surface area contributed by atoms with Crippen LogP contribution in [0.4, 0.5) is 0 Å². The van der Waals surface area contributed by atoms with Crippen LogP contribution in [0.15, 0.2) is 21.5 Å². The molecule has 1 aromatic rings.